The summed E-state index contributed by atoms with van der Waals surface area (Å²) < 4.78 is 0. The molecule has 2 unspecified atom stereocenters. The van der Waals surface area contributed by atoms with Gasteiger partial charge in [0.15, 0.2) is 5.54 Å². The number of carbonyl (C=O) groups is 3. The molecule has 1 spiro atoms. The second kappa shape index (κ2) is 9.92. The number of nitrogens with zero attached hydrogens (tertiary/aromatic N) is 3. The molecule has 3 N–H and O–H groups in total. The largest absolute Gasteiger partial charge is 0.345 e. The molecule has 2 atom stereocenters. The van der Waals surface area contributed by atoms with Crippen LogP contribution in [0.3, 0.4) is 0 Å². The lowest BCUT2D eigenvalue weighted by atomic mass is 9.93. The number of urea groups is 1. The maximum absolute atomic E-state index is 13.3. The molecule has 39 heavy (non-hydrogen) atoms. The van der Waals surface area contributed by atoms with E-state index in [1.807, 2.05) is 54.3 Å². The molecule has 0 saturated carbocycles. The van der Waals surface area contributed by atoms with E-state index in [1.165, 1.54) is 5.56 Å². The van der Waals surface area contributed by atoms with Crippen LogP contribution in [0.4, 0.5) is 4.79 Å². The van der Waals surface area contributed by atoms with Gasteiger partial charge in [0.05, 0.1) is 11.6 Å². The SMILES string of the molecule is Cc1cc(Cc2ccc(C(=O)NC3CN(Cc4cccnc4)CC34NC(=O)NC4=O)cc2)c2ccccc2n1. The van der Waals surface area contributed by atoms with Gasteiger partial charge in [-0.2, -0.15) is 0 Å². The Morgan fingerprint density at radius 1 is 1.08 bits per heavy atom. The molecular formula is C30H28N6O3. The highest BCUT2D eigenvalue weighted by Crippen LogP contribution is 2.27. The van der Waals surface area contributed by atoms with E-state index in [9.17, 15) is 14.4 Å². The molecule has 4 amide bonds. The van der Waals surface area contributed by atoms with Gasteiger partial charge in [0.25, 0.3) is 11.8 Å². The second-order valence-corrected chi connectivity index (χ2v) is 10.3. The van der Waals surface area contributed by atoms with Crippen LogP contribution < -0.4 is 16.0 Å². The Morgan fingerprint density at radius 2 is 1.90 bits per heavy atom. The van der Waals surface area contributed by atoms with Crippen LogP contribution in [0.15, 0.2) is 79.1 Å². The van der Waals surface area contributed by atoms with Gasteiger partial charge in [0.1, 0.15) is 0 Å². The number of rotatable bonds is 6. The van der Waals surface area contributed by atoms with E-state index in [0.29, 0.717) is 25.1 Å². The van der Waals surface area contributed by atoms with Crippen molar-refractivity contribution in [1.82, 2.24) is 30.8 Å². The predicted molar refractivity (Wildman–Crippen MR) is 146 cm³/mol. The van der Waals surface area contributed by atoms with Crippen molar-refractivity contribution in [1.29, 1.82) is 0 Å². The van der Waals surface area contributed by atoms with Crippen LogP contribution in [-0.4, -0.2) is 57.4 Å². The average Bonchev–Trinajstić information content (AvgIpc) is 3.41. The molecule has 0 aliphatic carbocycles. The number of imide groups is 1. The number of pyridine rings is 2. The van der Waals surface area contributed by atoms with E-state index in [0.717, 1.165) is 27.7 Å². The lowest BCUT2D eigenvalue weighted by Gasteiger charge is -2.27. The van der Waals surface area contributed by atoms with Crippen molar-refractivity contribution in [2.75, 3.05) is 13.1 Å². The van der Waals surface area contributed by atoms with E-state index in [-0.39, 0.29) is 12.5 Å². The summed E-state index contributed by atoms with van der Waals surface area (Å²) in [4.78, 5) is 49.1. The molecule has 4 heterocycles. The first-order valence-electron chi connectivity index (χ1n) is 12.9. The maximum Gasteiger partial charge on any atom is 0.322 e. The van der Waals surface area contributed by atoms with Crippen LogP contribution in [-0.2, 0) is 17.8 Å². The van der Waals surface area contributed by atoms with Crippen molar-refractivity contribution >= 4 is 28.7 Å². The van der Waals surface area contributed by atoms with Crippen molar-refractivity contribution in [3.63, 3.8) is 0 Å². The summed E-state index contributed by atoms with van der Waals surface area (Å²) >= 11 is 0. The third-order valence-electron chi connectivity index (χ3n) is 7.45. The highest BCUT2D eigenvalue weighted by atomic mass is 16.2. The van der Waals surface area contributed by atoms with Gasteiger partial charge in [-0.1, -0.05) is 36.4 Å². The number of para-hydroxylation sites is 1. The van der Waals surface area contributed by atoms with Gasteiger partial charge in [0, 0.05) is 48.7 Å². The third-order valence-corrected chi connectivity index (χ3v) is 7.45. The zero-order chi connectivity index (χ0) is 27.0. The summed E-state index contributed by atoms with van der Waals surface area (Å²) in [6.45, 7) is 3.22. The summed E-state index contributed by atoms with van der Waals surface area (Å²) in [6, 6.07) is 20.3. The van der Waals surface area contributed by atoms with Gasteiger partial charge in [-0.25, -0.2) is 4.79 Å². The Balaban J connectivity index is 1.18. The van der Waals surface area contributed by atoms with E-state index < -0.39 is 23.5 Å². The van der Waals surface area contributed by atoms with Crippen molar-refractivity contribution in [3.8, 4) is 0 Å². The van der Waals surface area contributed by atoms with Gasteiger partial charge in [-0.15, -0.1) is 0 Å². The van der Waals surface area contributed by atoms with Crippen LogP contribution in [0.1, 0.15) is 32.7 Å². The van der Waals surface area contributed by atoms with Crippen molar-refractivity contribution < 1.29 is 14.4 Å². The molecule has 2 aliphatic rings. The summed E-state index contributed by atoms with van der Waals surface area (Å²) in [5, 5.41) is 9.25. The molecule has 2 fully saturated rings. The third kappa shape index (κ3) is 4.84. The Labute approximate surface area is 225 Å². The standard InChI is InChI=1S/C30H28N6O3/c1-19-13-23(24-6-2-3-7-25(24)32-19)14-20-8-10-22(11-9-20)27(37)33-26-17-36(16-21-5-4-12-31-15-21)18-30(26)28(38)34-29(39)35-30/h2-13,15,26H,14,16-18H2,1H3,(H,33,37)(H2,34,35,38,39). The predicted octanol–water partition coefficient (Wildman–Crippen LogP) is 2.72. The van der Waals surface area contributed by atoms with E-state index in [1.54, 1.807) is 24.5 Å². The van der Waals surface area contributed by atoms with Gasteiger partial charge >= 0.3 is 6.03 Å². The molecule has 2 aromatic carbocycles. The lowest BCUT2D eigenvalue weighted by molar-refractivity contribution is -0.124. The fraction of sp³-hybridized carbons (Fsp3) is 0.233. The number of likely N-dealkylation sites (tertiary alicyclic amines) is 1. The zero-order valence-corrected chi connectivity index (χ0v) is 21.5. The molecule has 6 rings (SSSR count). The molecule has 9 nitrogen and oxygen atoms in total. The first-order valence-corrected chi connectivity index (χ1v) is 12.9. The first-order chi connectivity index (χ1) is 18.9. The smallest absolute Gasteiger partial charge is 0.322 e. The second-order valence-electron chi connectivity index (χ2n) is 10.3. The summed E-state index contributed by atoms with van der Waals surface area (Å²) in [5.41, 5.74) is 4.43. The number of aryl methyl sites for hydroxylation is 1. The topological polar surface area (TPSA) is 116 Å². The normalized spacial score (nSPS) is 20.8. The molecule has 2 aromatic heterocycles. The first kappa shape index (κ1) is 24.7. The molecule has 4 aromatic rings. The molecule has 0 bridgehead atoms. The Morgan fingerprint density at radius 3 is 2.64 bits per heavy atom. The van der Waals surface area contributed by atoms with Gasteiger partial charge in [0.2, 0.25) is 0 Å². The fourth-order valence-electron chi connectivity index (χ4n) is 5.62. The number of hydrogen-bond acceptors (Lipinski definition) is 6. The number of aromatic nitrogens is 2. The van der Waals surface area contributed by atoms with Crippen LogP contribution in [0.25, 0.3) is 10.9 Å². The van der Waals surface area contributed by atoms with Crippen molar-refractivity contribution in [2.45, 2.75) is 31.5 Å². The molecule has 0 radical (unpaired) electrons. The van der Waals surface area contributed by atoms with Crippen molar-refractivity contribution in [3.05, 3.63) is 107 Å². The van der Waals surface area contributed by atoms with Crippen LogP contribution in [0.5, 0.6) is 0 Å². The van der Waals surface area contributed by atoms with Gasteiger partial charge < -0.3 is 10.6 Å². The van der Waals surface area contributed by atoms with E-state index in [2.05, 4.69) is 38.1 Å². The van der Waals surface area contributed by atoms with E-state index in [4.69, 9.17) is 0 Å². The highest BCUT2D eigenvalue weighted by Gasteiger charge is 2.57. The number of benzene rings is 2. The van der Waals surface area contributed by atoms with Crippen molar-refractivity contribution in [2.24, 2.45) is 0 Å². The van der Waals surface area contributed by atoms with Gasteiger partial charge in [-0.3, -0.25) is 29.8 Å². The van der Waals surface area contributed by atoms with Gasteiger partial charge in [-0.05, 0) is 60.4 Å². The molecule has 2 saturated heterocycles. The zero-order valence-electron chi connectivity index (χ0n) is 21.5. The Bertz CT molecular complexity index is 1570. The number of hydrogen-bond donors (Lipinski definition) is 3. The van der Waals surface area contributed by atoms with Crippen LogP contribution in [0, 0.1) is 6.92 Å². The molecule has 9 heteroatoms. The summed E-state index contributed by atoms with van der Waals surface area (Å²) in [6.07, 6.45) is 4.19. The molecular weight excluding hydrogens is 492 g/mol. The van der Waals surface area contributed by atoms with Crippen LogP contribution >= 0.6 is 0 Å². The fourth-order valence-corrected chi connectivity index (χ4v) is 5.62. The highest BCUT2D eigenvalue weighted by molar-refractivity contribution is 6.08. The Kier molecular flexibility index (Phi) is 6.28. The molecule has 196 valence electrons. The summed E-state index contributed by atoms with van der Waals surface area (Å²) in [5.74, 6) is -0.727. The maximum atomic E-state index is 13.3. The Hall–Kier alpha value is -4.63. The van der Waals surface area contributed by atoms with Crippen LogP contribution in [0.2, 0.25) is 0 Å². The number of carbonyl (C=O) groups excluding carboxylic acids is 3. The van der Waals surface area contributed by atoms with E-state index >= 15 is 0 Å². The molecule has 2 aliphatic heterocycles. The number of fused-ring (bicyclic) bond motifs is 1. The lowest BCUT2D eigenvalue weighted by Crippen LogP contribution is -2.62. The quantitative estimate of drug-likeness (QED) is 0.337. The monoisotopic (exact) mass is 520 g/mol. The summed E-state index contributed by atoms with van der Waals surface area (Å²) in [7, 11) is 0. The number of nitrogens with one attached hydrogen (secondary N) is 3. The average molecular weight is 521 g/mol. The minimum absolute atomic E-state index is 0.280. The minimum Gasteiger partial charge on any atom is -0.345 e. The minimum atomic E-state index is -1.23. The number of amides is 4.